The molecule has 5 atom stereocenters. The lowest BCUT2D eigenvalue weighted by molar-refractivity contribution is -0.124. The van der Waals surface area contributed by atoms with E-state index in [0.29, 0.717) is 17.6 Å². The number of anilines is 3. The standard InChI is InChI=1S/C38H52N6O2/c1-26(45)31-10-11-32-30-9-8-27-22-29(46)23-28(38(27,3)33(30)12-13-37(31,32)2)25-41-18-20-43(21-19-41)35-24-34(42-14-4-5-15-42)39-36(40-35)44-16-6-7-17-44/h12,22-24,30-32H,4-11,13-21,25H2,1-3H3/t30-,31+,32-,37+,38+/m0/s1. The molecule has 1 aromatic rings. The van der Waals surface area contributed by atoms with Gasteiger partial charge in [-0.3, -0.25) is 14.5 Å². The van der Waals surface area contributed by atoms with E-state index in [0.717, 1.165) is 109 Å². The normalized spacial score (nSPS) is 34.6. The number of aromatic nitrogens is 2. The molecule has 5 fully saturated rings. The number of piperazine rings is 1. The Hall–Kier alpha value is -3.00. The summed E-state index contributed by atoms with van der Waals surface area (Å²) in [5, 5.41) is 0. The third kappa shape index (κ3) is 4.96. The minimum Gasteiger partial charge on any atom is -0.356 e. The molecule has 0 radical (unpaired) electrons. The van der Waals surface area contributed by atoms with E-state index in [1.165, 1.54) is 36.8 Å². The van der Waals surface area contributed by atoms with Gasteiger partial charge in [0.15, 0.2) is 5.78 Å². The average Bonchev–Trinajstić information content (AvgIpc) is 3.84. The third-order valence-electron chi connectivity index (χ3n) is 13.4. The molecule has 7 aliphatic rings. The molecule has 0 spiro atoms. The molecule has 1 aromatic heterocycles. The molecule has 4 aliphatic carbocycles. The highest BCUT2D eigenvalue weighted by Crippen LogP contribution is 2.65. The van der Waals surface area contributed by atoms with Crippen molar-refractivity contribution in [2.45, 2.75) is 78.6 Å². The highest BCUT2D eigenvalue weighted by atomic mass is 16.1. The largest absolute Gasteiger partial charge is 0.356 e. The van der Waals surface area contributed by atoms with Crippen LogP contribution in [0.5, 0.6) is 0 Å². The van der Waals surface area contributed by atoms with Gasteiger partial charge in [0.2, 0.25) is 5.95 Å². The SMILES string of the molecule is CC(=O)[C@H]1CC[C@H]2[C@@H]3CCC4=CC(=O)C=C(CN5CCN(c6cc(N7CCCC7)nc(N7CCCC7)n6)CC5)[C@]4(C)C3=CC[C@]12C. The first-order valence-electron chi connectivity index (χ1n) is 18.3. The second-order valence-electron chi connectivity index (χ2n) is 15.8. The fourth-order valence-corrected chi connectivity index (χ4v) is 10.7. The van der Waals surface area contributed by atoms with E-state index in [1.807, 2.05) is 12.2 Å². The van der Waals surface area contributed by atoms with Crippen molar-refractivity contribution in [2.75, 3.05) is 73.6 Å². The van der Waals surface area contributed by atoms with Crippen molar-refractivity contribution in [3.05, 3.63) is 41.0 Å². The van der Waals surface area contributed by atoms with Crippen LogP contribution >= 0.6 is 0 Å². The van der Waals surface area contributed by atoms with Crippen LogP contribution in [0.4, 0.5) is 17.6 Å². The molecule has 8 rings (SSSR count). The van der Waals surface area contributed by atoms with Gasteiger partial charge in [-0.05, 0) is 107 Å². The molecule has 3 aliphatic heterocycles. The van der Waals surface area contributed by atoms with Crippen molar-refractivity contribution in [2.24, 2.45) is 28.6 Å². The molecule has 2 saturated carbocycles. The second-order valence-corrected chi connectivity index (χ2v) is 15.8. The Morgan fingerprint density at radius 3 is 2.17 bits per heavy atom. The molecular formula is C38H52N6O2. The van der Waals surface area contributed by atoms with E-state index in [9.17, 15) is 9.59 Å². The number of ketones is 2. The summed E-state index contributed by atoms with van der Waals surface area (Å²) >= 11 is 0. The molecule has 246 valence electrons. The van der Waals surface area contributed by atoms with Gasteiger partial charge >= 0.3 is 0 Å². The van der Waals surface area contributed by atoms with E-state index in [4.69, 9.17) is 9.97 Å². The van der Waals surface area contributed by atoms with Gasteiger partial charge < -0.3 is 14.7 Å². The smallest absolute Gasteiger partial charge is 0.229 e. The predicted molar refractivity (Wildman–Crippen MR) is 183 cm³/mol. The summed E-state index contributed by atoms with van der Waals surface area (Å²) in [5.41, 5.74) is 4.02. The lowest BCUT2D eigenvalue weighted by Gasteiger charge is -2.54. The van der Waals surface area contributed by atoms with Gasteiger partial charge in [0.25, 0.3) is 0 Å². The fourth-order valence-electron chi connectivity index (χ4n) is 10.7. The van der Waals surface area contributed by atoms with Crippen LogP contribution in [-0.2, 0) is 9.59 Å². The van der Waals surface area contributed by atoms with Gasteiger partial charge in [0, 0.05) is 76.3 Å². The quantitative estimate of drug-likeness (QED) is 0.379. The molecule has 0 bridgehead atoms. The van der Waals surface area contributed by atoms with E-state index < -0.39 is 0 Å². The number of hydrogen-bond donors (Lipinski definition) is 0. The Kier molecular flexibility index (Phi) is 7.65. The molecule has 0 unspecified atom stereocenters. The number of carbonyl (C=O) groups excluding carboxylic acids is 2. The lowest BCUT2D eigenvalue weighted by atomic mass is 9.50. The van der Waals surface area contributed by atoms with Crippen molar-refractivity contribution in [3.63, 3.8) is 0 Å². The first kappa shape index (κ1) is 30.3. The third-order valence-corrected chi connectivity index (χ3v) is 13.4. The molecule has 46 heavy (non-hydrogen) atoms. The number of nitrogens with zero attached hydrogens (tertiary/aromatic N) is 6. The van der Waals surface area contributed by atoms with Gasteiger partial charge in [0.05, 0.1) is 0 Å². The lowest BCUT2D eigenvalue weighted by Crippen LogP contribution is -2.50. The Morgan fingerprint density at radius 2 is 1.50 bits per heavy atom. The first-order chi connectivity index (χ1) is 22.2. The first-order valence-corrected chi connectivity index (χ1v) is 18.3. The molecule has 0 N–H and O–H groups in total. The fraction of sp³-hybridized carbons (Fsp3) is 0.684. The van der Waals surface area contributed by atoms with Crippen LogP contribution in [0.25, 0.3) is 0 Å². The Labute approximate surface area is 275 Å². The molecule has 3 saturated heterocycles. The minimum absolute atomic E-state index is 0.0759. The number of Topliss-reactive ketones (excluding diaryl/α,β-unsaturated/α-hetero) is 1. The molecule has 8 nitrogen and oxygen atoms in total. The summed E-state index contributed by atoms with van der Waals surface area (Å²) in [5.74, 6) is 4.83. The van der Waals surface area contributed by atoms with E-state index in [-0.39, 0.29) is 22.5 Å². The Bertz CT molecular complexity index is 1460. The maximum atomic E-state index is 13.1. The summed E-state index contributed by atoms with van der Waals surface area (Å²) in [6, 6.07) is 2.23. The summed E-state index contributed by atoms with van der Waals surface area (Å²) in [7, 11) is 0. The summed E-state index contributed by atoms with van der Waals surface area (Å²) < 4.78 is 0. The number of carbonyl (C=O) groups is 2. The van der Waals surface area contributed by atoms with E-state index in [2.05, 4.69) is 45.6 Å². The Balaban J connectivity index is 1.01. The average molecular weight is 625 g/mol. The maximum absolute atomic E-state index is 13.1. The monoisotopic (exact) mass is 624 g/mol. The zero-order valence-corrected chi connectivity index (χ0v) is 28.3. The summed E-state index contributed by atoms with van der Waals surface area (Å²) in [4.78, 5) is 45.7. The van der Waals surface area contributed by atoms with Gasteiger partial charge in [0.1, 0.15) is 17.4 Å². The van der Waals surface area contributed by atoms with Crippen LogP contribution in [0.15, 0.2) is 41.0 Å². The summed E-state index contributed by atoms with van der Waals surface area (Å²) in [6.45, 7) is 15.5. The summed E-state index contributed by atoms with van der Waals surface area (Å²) in [6.07, 6.45) is 16.6. The van der Waals surface area contributed by atoms with Crippen LogP contribution < -0.4 is 14.7 Å². The van der Waals surface area contributed by atoms with Crippen molar-refractivity contribution >= 4 is 29.2 Å². The minimum atomic E-state index is -0.189. The van der Waals surface area contributed by atoms with Crippen LogP contribution in [0, 0.1) is 28.6 Å². The highest BCUT2D eigenvalue weighted by molar-refractivity contribution is 6.02. The maximum Gasteiger partial charge on any atom is 0.229 e. The van der Waals surface area contributed by atoms with Crippen LogP contribution in [-0.4, -0.2) is 85.3 Å². The van der Waals surface area contributed by atoms with Gasteiger partial charge in [-0.15, -0.1) is 0 Å². The molecule has 4 heterocycles. The van der Waals surface area contributed by atoms with Crippen molar-refractivity contribution in [3.8, 4) is 0 Å². The predicted octanol–water partition coefficient (Wildman–Crippen LogP) is 5.60. The van der Waals surface area contributed by atoms with Gasteiger partial charge in [-0.1, -0.05) is 24.1 Å². The van der Waals surface area contributed by atoms with E-state index in [1.54, 1.807) is 12.5 Å². The molecular weight excluding hydrogens is 572 g/mol. The zero-order valence-electron chi connectivity index (χ0n) is 28.3. The number of rotatable bonds is 6. The second kappa shape index (κ2) is 11.6. The van der Waals surface area contributed by atoms with E-state index >= 15 is 0 Å². The Morgan fingerprint density at radius 1 is 0.848 bits per heavy atom. The topological polar surface area (TPSA) is 72.9 Å². The number of fused-ring (bicyclic) bond motifs is 5. The molecule has 0 aromatic carbocycles. The number of hydrogen-bond acceptors (Lipinski definition) is 8. The van der Waals surface area contributed by atoms with Gasteiger partial charge in [-0.2, -0.15) is 9.97 Å². The molecule has 0 amide bonds. The zero-order chi connectivity index (χ0) is 31.6. The molecule has 8 heteroatoms. The number of allylic oxidation sites excluding steroid dienone is 5. The highest BCUT2D eigenvalue weighted by Gasteiger charge is 2.57. The van der Waals surface area contributed by atoms with Crippen LogP contribution in [0.3, 0.4) is 0 Å². The van der Waals surface area contributed by atoms with Crippen molar-refractivity contribution in [1.29, 1.82) is 0 Å². The van der Waals surface area contributed by atoms with Crippen LogP contribution in [0.1, 0.15) is 78.6 Å². The van der Waals surface area contributed by atoms with Gasteiger partial charge in [-0.25, -0.2) is 0 Å². The van der Waals surface area contributed by atoms with Crippen molar-refractivity contribution in [1.82, 2.24) is 14.9 Å². The van der Waals surface area contributed by atoms with Crippen molar-refractivity contribution < 1.29 is 9.59 Å². The van der Waals surface area contributed by atoms with Crippen LogP contribution in [0.2, 0.25) is 0 Å².